The van der Waals surface area contributed by atoms with Crippen molar-refractivity contribution in [3.8, 4) is 5.75 Å². The number of para-hydroxylation sites is 1. The van der Waals surface area contributed by atoms with Crippen molar-refractivity contribution in [2.75, 3.05) is 6.61 Å². The number of benzene rings is 1. The molecule has 0 aliphatic carbocycles. The third-order valence-corrected chi connectivity index (χ3v) is 6.99. The molecule has 2 aromatic rings. The summed E-state index contributed by atoms with van der Waals surface area (Å²) < 4.78 is 36.2. The summed E-state index contributed by atoms with van der Waals surface area (Å²) in [4.78, 5) is 38.3. The van der Waals surface area contributed by atoms with Crippen LogP contribution in [0.2, 0.25) is 0 Å². The van der Waals surface area contributed by atoms with Crippen LogP contribution in [-0.2, 0) is 23.4 Å². The van der Waals surface area contributed by atoms with Gasteiger partial charge in [0.25, 0.3) is 5.56 Å². The first-order chi connectivity index (χ1) is 17.2. The van der Waals surface area contributed by atoms with Crippen molar-refractivity contribution < 1.29 is 38.1 Å². The number of esters is 1. The zero-order valence-electron chi connectivity index (χ0n) is 20.7. The van der Waals surface area contributed by atoms with Crippen LogP contribution in [0.4, 0.5) is 0 Å². The minimum Gasteiger partial charge on any atom is -0.462 e. The lowest BCUT2D eigenvalue weighted by Gasteiger charge is -2.30. The predicted molar refractivity (Wildman–Crippen MR) is 130 cm³/mol. The molecule has 0 spiro atoms. The summed E-state index contributed by atoms with van der Waals surface area (Å²) in [5.74, 6) is -0.590. The number of ether oxygens (including phenoxy) is 2. The van der Waals surface area contributed by atoms with Gasteiger partial charge in [-0.15, -0.1) is 0 Å². The average molecular weight is 542 g/mol. The summed E-state index contributed by atoms with van der Waals surface area (Å²) in [5, 5.41) is 23.7. The zero-order valence-corrected chi connectivity index (χ0v) is 21.6. The first-order valence-electron chi connectivity index (χ1n) is 11.4. The second kappa shape index (κ2) is 11.3. The molecule has 1 aromatic carbocycles. The van der Waals surface area contributed by atoms with Gasteiger partial charge < -0.3 is 24.2 Å². The number of aliphatic hydroxyl groups excluding tert-OH is 2. The van der Waals surface area contributed by atoms with Crippen LogP contribution in [0.3, 0.4) is 0 Å². The highest BCUT2D eigenvalue weighted by molar-refractivity contribution is 7.52. The monoisotopic (exact) mass is 542 g/mol. The van der Waals surface area contributed by atoms with Gasteiger partial charge in [-0.3, -0.25) is 29.4 Å². The van der Waals surface area contributed by atoms with E-state index in [1.807, 2.05) is 0 Å². The molecule has 15 heteroatoms. The van der Waals surface area contributed by atoms with Crippen LogP contribution in [0.1, 0.15) is 32.6 Å². The van der Waals surface area contributed by atoms with E-state index in [0.29, 0.717) is 0 Å². The van der Waals surface area contributed by atoms with Crippen molar-refractivity contribution in [2.24, 2.45) is 5.73 Å². The summed E-state index contributed by atoms with van der Waals surface area (Å²) >= 11 is 0. The lowest BCUT2D eigenvalue weighted by molar-refractivity contribution is -0.149. The van der Waals surface area contributed by atoms with Crippen LogP contribution in [0, 0.1) is 6.92 Å². The molecule has 1 saturated heterocycles. The van der Waals surface area contributed by atoms with Crippen LogP contribution in [0.25, 0.3) is 0 Å². The van der Waals surface area contributed by atoms with E-state index in [2.05, 4.69) is 10.1 Å². The van der Waals surface area contributed by atoms with Gasteiger partial charge in [0.1, 0.15) is 30.6 Å². The fourth-order valence-corrected chi connectivity index (χ4v) is 4.98. The number of carbonyl (C=O) groups excluding carboxylic acids is 1. The number of hydrogen-bond donors (Lipinski definition) is 5. The van der Waals surface area contributed by atoms with Crippen LogP contribution in [0.15, 0.2) is 46.1 Å². The Bertz CT molecular complexity index is 1270. The zero-order chi connectivity index (χ0) is 27.5. The maximum Gasteiger partial charge on any atom is 0.459 e. The van der Waals surface area contributed by atoms with E-state index in [1.54, 1.807) is 32.0 Å². The summed E-state index contributed by atoms with van der Waals surface area (Å²) in [6, 6.07) is 6.80. The van der Waals surface area contributed by atoms with Crippen LogP contribution < -0.4 is 26.6 Å². The molecule has 37 heavy (non-hydrogen) atoms. The van der Waals surface area contributed by atoms with Gasteiger partial charge in [0, 0.05) is 11.8 Å². The molecule has 3 rings (SSSR count). The number of aromatic amines is 1. The van der Waals surface area contributed by atoms with Crippen molar-refractivity contribution in [1.82, 2.24) is 14.6 Å². The molecule has 6 N–H and O–H groups in total. The quantitative estimate of drug-likeness (QED) is 0.197. The first kappa shape index (κ1) is 28.7. The minimum absolute atomic E-state index is 0.134. The molecule has 1 unspecified atom stereocenters. The molecular formula is C22H31N4O10P. The lowest BCUT2D eigenvalue weighted by atomic mass is 10.1. The van der Waals surface area contributed by atoms with Crippen LogP contribution in [0.5, 0.6) is 5.75 Å². The maximum atomic E-state index is 13.6. The third-order valence-electron chi connectivity index (χ3n) is 5.36. The highest BCUT2D eigenvalue weighted by atomic mass is 31.2. The molecule has 6 atom stereocenters. The van der Waals surface area contributed by atoms with Crippen molar-refractivity contribution in [3.05, 3.63) is 62.9 Å². The average Bonchev–Trinajstić information content (AvgIpc) is 3.05. The highest BCUT2D eigenvalue weighted by Gasteiger charge is 2.54. The molecule has 0 bridgehead atoms. The van der Waals surface area contributed by atoms with Crippen LogP contribution >= 0.6 is 7.75 Å². The van der Waals surface area contributed by atoms with Gasteiger partial charge in [0.2, 0.25) is 0 Å². The topological polar surface area (TPSA) is 204 Å². The molecule has 0 radical (unpaired) electrons. The maximum absolute atomic E-state index is 13.6. The molecule has 1 fully saturated rings. The lowest BCUT2D eigenvalue weighted by Crippen LogP contribution is -2.54. The molecule has 1 aliphatic heterocycles. The van der Waals surface area contributed by atoms with E-state index in [0.717, 1.165) is 10.8 Å². The summed E-state index contributed by atoms with van der Waals surface area (Å²) in [6.07, 6.45) is -4.33. The van der Waals surface area contributed by atoms with Crippen molar-refractivity contribution in [3.63, 3.8) is 0 Å². The normalized spacial score (nSPS) is 26.0. The van der Waals surface area contributed by atoms with E-state index in [4.69, 9.17) is 24.3 Å². The number of H-pyrrole nitrogens is 1. The van der Waals surface area contributed by atoms with Gasteiger partial charge in [-0.1, -0.05) is 18.2 Å². The molecule has 0 amide bonds. The van der Waals surface area contributed by atoms with Gasteiger partial charge in [-0.25, -0.2) is 9.36 Å². The summed E-state index contributed by atoms with van der Waals surface area (Å²) in [7, 11) is -4.37. The Labute approximate surface area is 211 Å². The first-order valence-corrected chi connectivity index (χ1v) is 12.9. The van der Waals surface area contributed by atoms with Gasteiger partial charge in [0.05, 0.1) is 6.10 Å². The van der Waals surface area contributed by atoms with Crippen molar-refractivity contribution in [2.45, 2.75) is 64.0 Å². The summed E-state index contributed by atoms with van der Waals surface area (Å²) in [5.41, 5.74) is 2.58. The molecule has 2 heterocycles. The van der Waals surface area contributed by atoms with Gasteiger partial charge in [0.15, 0.2) is 12.0 Å². The SMILES string of the molecule is Cc1cn([C@@H]2O[C@](N)(COP(=O)(N[C@@H](C)C(=O)OC(C)C)Oc3ccccc3)[C@@H](O)[C@H]2O)c(=O)[nH]c1=O. The Hall–Kier alpha value is -2.84. The molecule has 14 nitrogen and oxygen atoms in total. The molecule has 0 saturated carbocycles. The highest BCUT2D eigenvalue weighted by Crippen LogP contribution is 2.47. The second-order valence-electron chi connectivity index (χ2n) is 8.89. The largest absolute Gasteiger partial charge is 0.462 e. The van der Waals surface area contributed by atoms with E-state index in [9.17, 15) is 29.2 Å². The Morgan fingerprint density at radius 1 is 1.27 bits per heavy atom. The fourth-order valence-electron chi connectivity index (χ4n) is 3.45. The van der Waals surface area contributed by atoms with Gasteiger partial charge in [-0.05, 0) is 39.8 Å². The third kappa shape index (κ3) is 6.73. The smallest absolute Gasteiger partial charge is 0.459 e. The number of aryl methyl sites for hydroxylation is 1. The minimum atomic E-state index is -4.37. The Morgan fingerprint density at radius 2 is 1.92 bits per heavy atom. The van der Waals surface area contributed by atoms with Crippen LogP contribution in [-0.4, -0.2) is 62.4 Å². The van der Waals surface area contributed by atoms with E-state index in [1.165, 1.54) is 26.0 Å². The van der Waals surface area contributed by atoms with E-state index < -0.39 is 67.9 Å². The fraction of sp³-hybridized carbons (Fsp3) is 0.500. The number of rotatable bonds is 10. The Morgan fingerprint density at radius 3 is 2.54 bits per heavy atom. The number of nitrogens with two attached hydrogens (primary N) is 1. The van der Waals surface area contributed by atoms with Gasteiger partial charge >= 0.3 is 19.4 Å². The number of aromatic nitrogens is 2. The molecule has 1 aliphatic rings. The van der Waals surface area contributed by atoms with Crippen molar-refractivity contribution >= 4 is 13.7 Å². The number of carbonyl (C=O) groups is 1. The Balaban J connectivity index is 1.83. The van der Waals surface area contributed by atoms with Crippen molar-refractivity contribution in [1.29, 1.82) is 0 Å². The van der Waals surface area contributed by atoms with E-state index in [-0.39, 0.29) is 11.3 Å². The number of nitrogens with zero attached hydrogens (tertiary/aromatic N) is 1. The number of nitrogens with one attached hydrogen (secondary N) is 2. The predicted octanol–water partition coefficient (Wildman–Crippen LogP) is -0.116. The number of hydrogen-bond acceptors (Lipinski definition) is 11. The molecule has 204 valence electrons. The molecular weight excluding hydrogens is 511 g/mol. The molecule has 1 aromatic heterocycles. The summed E-state index contributed by atoms with van der Waals surface area (Å²) in [6.45, 7) is 5.31. The van der Waals surface area contributed by atoms with E-state index >= 15 is 0 Å². The number of aliphatic hydroxyl groups is 2. The second-order valence-corrected chi connectivity index (χ2v) is 10.6. The standard InChI is InChI=1S/C22H31N4O10P/c1-12(2)34-20(30)14(4)25-37(32,36-15-8-6-5-7-9-15)33-11-22(23)17(28)16(27)19(35-22)26-10-13(3)18(29)24-21(26)31/h5-10,12,14,16-17,19,27-28H,11,23H2,1-4H3,(H,25,32)(H,24,29,31)/t14-,16+,17-,19+,22+,37?/m0/s1. The van der Waals surface area contributed by atoms with Gasteiger partial charge in [-0.2, -0.15) is 5.09 Å². The Kier molecular flexibility index (Phi) is 8.75.